The Morgan fingerprint density at radius 1 is 0.920 bits per heavy atom. The van der Waals surface area contributed by atoms with Gasteiger partial charge in [0, 0.05) is 0 Å². The van der Waals surface area contributed by atoms with Crippen LogP contribution in [-0.2, 0) is 11.3 Å². The number of rotatable bonds is 6. The van der Waals surface area contributed by atoms with Crippen LogP contribution in [0.15, 0.2) is 30.3 Å². The van der Waals surface area contributed by atoms with Crippen LogP contribution in [0.3, 0.4) is 0 Å². The van der Waals surface area contributed by atoms with Crippen LogP contribution in [0.2, 0.25) is 0 Å². The first-order valence-electron chi connectivity index (χ1n) is 8.17. The van der Waals surface area contributed by atoms with Crippen LogP contribution < -0.4 is 14.2 Å². The van der Waals surface area contributed by atoms with Crippen molar-refractivity contribution >= 4 is 6.16 Å². The van der Waals surface area contributed by atoms with Gasteiger partial charge in [0.15, 0.2) is 0 Å². The smallest absolute Gasteiger partial charge is 0.493 e. The molecule has 0 saturated heterocycles. The van der Waals surface area contributed by atoms with Gasteiger partial charge in [0.1, 0.15) is 23.9 Å². The van der Waals surface area contributed by atoms with Crippen LogP contribution in [-0.4, -0.2) is 19.9 Å². The highest BCUT2D eigenvalue weighted by Gasteiger charge is 2.16. The summed E-state index contributed by atoms with van der Waals surface area (Å²) in [5.74, 6) is 1.77. The molecule has 0 unspecified atom stereocenters. The lowest BCUT2D eigenvalue weighted by Gasteiger charge is -2.16. The molecule has 0 bridgehead atoms. The summed E-state index contributed by atoms with van der Waals surface area (Å²) in [4.78, 5) is 11.5. The van der Waals surface area contributed by atoms with E-state index in [0.29, 0.717) is 23.7 Å². The molecule has 0 aliphatic carbocycles. The Hall–Kier alpha value is -2.69. The average molecular weight is 344 g/mol. The van der Waals surface area contributed by atoms with E-state index in [9.17, 15) is 4.79 Å². The third kappa shape index (κ3) is 4.66. The summed E-state index contributed by atoms with van der Waals surface area (Å²) < 4.78 is 21.4. The van der Waals surface area contributed by atoms with Crippen LogP contribution in [0.4, 0.5) is 4.79 Å². The molecule has 0 spiro atoms. The summed E-state index contributed by atoms with van der Waals surface area (Å²) in [6, 6.07) is 9.36. The summed E-state index contributed by atoms with van der Waals surface area (Å²) in [6.45, 7) is 8.72. The molecular formula is C20H24O5. The molecule has 0 N–H and O–H groups in total. The predicted octanol–water partition coefficient (Wildman–Crippen LogP) is 4.73. The van der Waals surface area contributed by atoms with E-state index in [1.54, 1.807) is 12.1 Å². The first kappa shape index (κ1) is 18.6. The van der Waals surface area contributed by atoms with Gasteiger partial charge in [-0.2, -0.15) is 0 Å². The van der Waals surface area contributed by atoms with Gasteiger partial charge in [-0.3, -0.25) is 0 Å². The summed E-state index contributed by atoms with van der Waals surface area (Å²) in [7, 11) is 1.27. The van der Waals surface area contributed by atoms with Gasteiger partial charge in [-0.15, -0.1) is 0 Å². The van der Waals surface area contributed by atoms with Gasteiger partial charge in [-0.25, -0.2) is 4.79 Å². The second-order valence-corrected chi connectivity index (χ2v) is 5.71. The van der Waals surface area contributed by atoms with Gasteiger partial charge < -0.3 is 18.9 Å². The molecule has 0 atom stereocenters. The molecule has 0 heterocycles. The average Bonchev–Trinajstić information content (AvgIpc) is 2.58. The minimum atomic E-state index is -0.780. The van der Waals surface area contributed by atoms with Gasteiger partial charge in [0.05, 0.1) is 19.3 Å². The van der Waals surface area contributed by atoms with E-state index in [0.717, 1.165) is 16.9 Å². The van der Waals surface area contributed by atoms with Crippen molar-refractivity contribution in [1.29, 1.82) is 0 Å². The molecule has 2 aromatic rings. The van der Waals surface area contributed by atoms with Crippen LogP contribution >= 0.6 is 0 Å². The monoisotopic (exact) mass is 344 g/mol. The number of hydrogen-bond acceptors (Lipinski definition) is 5. The normalized spacial score (nSPS) is 10.3. The topological polar surface area (TPSA) is 54.0 Å². The quantitative estimate of drug-likeness (QED) is 0.560. The minimum Gasteiger partial charge on any atom is -0.493 e. The molecule has 0 aliphatic heterocycles. The molecule has 5 heteroatoms. The zero-order chi connectivity index (χ0) is 18.4. The lowest BCUT2D eigenvalue weighted by molar-refractivity contribution is 0.120. The molecule has 0 amide bonds. The summed E-state index contributed by atoms with van der Waals surface area (Å²) in [5, 5.41) is 0. The molecule has 25 heavy (non-hydrogen) atoms. The van der Waals surface area contributed by atoms with Crippen molar-refractivity contribution in [3.63, 3.8) is 0 Å². The Morgan fingerprint density at radius 2 is 1.60 bits per heavy atom. The van der Waals surface area contributed by atoms with Gasteiger partial charge in [0.25, 0.3) is 0 Å². The highest BCUT2D eigenvalue weighted by atomic mass is 16.7. The van der Waals surface area contributed by atoms with Crippen molar-refractivity contribution in [1.82, 2.24) is 0 Å². The van der Waals surface area contributed by atoms with E-state index in [2.05, 4.69) is 17.7 Å². The first-order chi connectivity index (χ1) is 12.0. The summed E-state index contributed by atoms with van der Waals surface area (Å²) >= 11 is 0. The number of aryl methyl sites for hydroxylation is 3. The maximum atomic E-state index is 11.5. The number of methoxy groups -OCH3 is 1. The lowest BCUT2D eigenvalue weighted by atomic mass is 10.1. The van der Waals surface area contributed by atoms with Crippen LogP contribution in [0.25, 0.3) is 0 Å². The fourth-order valence-electron chi connectivity index (χ4n) is 2.45. The fourth-order valence-corrected chi connectivity index (χ4v) is 2.45. The lowest BCUT2D eigenvalue weighted by Crippen LogP contribution is -2.11. The first-order valence-corrected chi connectivity index (χ1v) is 8.17. The number of carbonyl (C=O) groups excluding carboxylic acids is 1. The molecule has 2 rings (SSSR count). The Bertz CT molecular complexity index is 752. The zero-order valence-corrected chi connectivity index (χ0v) is 15.3. The fraction of sp³-hybridized carbons (Fsp3) is 0.350. The molecule has 0 fully saturated rings. The highest BCUT2D eigenvalue weighted by molar-refractivity contribution is 5.65. The standard InChI is InChI=1S/C20H24O5/c1-6-23-17-8-7-9-18(25-20(21)22-5)16(17)12-24-19-11-14(3)13(2)10-15(19)4/h7-11H,6,12H2,1-5H3. The molecule has 0 saturated carbocycles. The molecule has 0 aromatic heterocycles. The van der Waals surface area contributed by atoms with E-state index in [1.807, 2.05) is 32.9 Å². The van der Waals surface area contributed by atoms with Crippen molar-refractivity contribution in [2.75, 3.05) is 13.7 Å². The number of benzene rings is 2. The van der Waals surface area contributed by atoms with E-state index >= 15 is 0 Å². The maximum absolute atomic E-state index is 11.5. The number of hydrogen-bond donors (Lipinski definition) is 0. The molecule has 2 aromatic carbocycles. The van der Waals surface area contributed by atoms with Gasteiger partial charge in [0.2, 0.25) is 0 Å². The molecular weight excluding hydrogens is 320 g/mol. The van der Waals surface area contributed by atoms with Crippen molar-refractivity contribution in [3.8, 4) is 17.2 Å². The molecule has 5 nitrogen and oxygen atoms in total. The SMILES string of the molecule is CCOc1cccc(OC(=O)OC)c1COc1cc(C)c(C)cc1C. The van der Waals surface area contributed by atoms with Gasteiger partial charge >= 0.3 is 6.16 Å². The summed E-state index contributed by atoms with van der Waals surface area (Å²) in [5.41, 5.74) is 4.08. The second kappa shape index (κ2) is 8.42. The molecule has 0 aliphatic rings. The van der Waals surface area contributed by atoms with Crippen molar-refractivity contribution < 1.29 is 23.7 Å². The molecule has 134 valence electrons. The second-order valence-electron chi connectivity index (χ2n) is 5.71. The summed E-state index contributed by atoms with van der Waals surface area (Å²) in [6.07, 6.45) is -0.780. The third-order valence-electron chi connectivity index (χ3n) is 3.91. The van der Waals surface area contributed by atoms with Crippen LogP contribution in [0.5, 0.6) is 17.2 Å². The third-order valence-corrected chi connectivity index (χ3v) is 3.91. The Labute approximate surface area is 148 Å². The van der Waals surface area contributed by atoms with Crippen molar-refractivity contribution in [3.05, 3.63) is 52.6 Å². The van der Waals surface area contributed by atoms with Crippen molar-refractivity contribution in [2.45, 2.75) is 34.3 Å². The highest BCUT2D eigenvalue weighted by Crippen LogP contribution is 2.31. The Kier molecular flexibility index (Phi) is 6.28. The zero-order valence-electron chi connectivity index (χ0n) is 15.3. The van der Waals surface area contributed by atoms with Crippen molar-refractivity contribution in [2.24, 2.45) is 0 Å². The van der Waals surface area contributed by atoms with E-state index in [-0.39, 0.29) is 6.61 Å². The number of carbonyl (C=O) groups is 1. The Morgan fingerprint density at radius 3 is 2.28 bits per heavy atom. The molecule has 0 radical (unpaired) electrons. The Balaban J connectivity index is 2.30. The van der Waals surface area contributed by atoms with Gasteiger partial charge in [-0.05, 0) is 62.6 Å². The van der Waals surface area contributed by atoms with Crippen LogP contribution in [0, 0.1) is 20.8 Å². The largest absolute Gasteiger partial charge is 0.513 e. The van der Waals surface area contributed by atoms with E-state index < -0.39 is 6.16 Å². The minimum absolute atomic E-state index is 0.214. The predicted molar refractivity (Wildman–Crippen MR) is 95.6 cm³/mol. The maximum Gasteiger partial charge on any atom is 0.513 e. The van der Waals surface area contributed by atoms with Crippen LogP contribution in [0.1, 0.15) is 29.2 Å². The van der Waals surface area contributed by atoms with Gasteiger partial charge in [-0.1, -0.05) is 12.1 Å². The van der Waals surface area contributed by atoms with E-state index in [4.69, 9.17) is 14.2 Å². The number of ether oxygens (including phenoxy) is 4. The van der Waals surface area contributed by atoms with E-state index in [1.165, 1.54) is 12.7 Å².